The van der Waals surface area contributed by atoms with Gasteiger partial charge in [0.15, 0.2) is 0 Å². The molecule has 0 saturated carbocycles. The van der Waals surface area contributed by atoms with Gasteiger partial charge in [-0.1, -0.05) is 0 Å². The Bertz CT molecular complexity index is 524. The highest BCUT2D eigenvalue weighted by Crippen LogP contribution is 2.22. The molecule has 0 aromatic heterocycles. The molecule has 2 atom stereocenters. The summed E-state index contributed by atoms with van der Waals surface area (Å²) in [5.74, 6) is -2.61. The molecule has 18 heavy (non-hydrogen) atoms. The van der Waals surface area contributed by atoms with Gasteiger partial charge in [0, 0.05) is 19.2 Å². The molecule has 1 unspecified atom stereocenters. The van der Waals surface area contributed by atoms with E-state index in [0.717, 1.165) is 6.26 Å². The normalized spacial score (nSPS) is 26.3. The van der Waals surface area contributed by atoms with Crippen molar-refractivity contribution < 1.29 is 31.8 Å². The molecule has 0 spiro atoms. The highest BCUT2D eigenvalue weighted by Gasteiger charge is 2.42. The number of aliphatic carboxylic acids is 1. The summed E-state index contributed by atoms with van der Waals surface area (Å²) in [4.78, 5) is 10.9. The summed E-state index contributed by atoms with van der Waals surface area (Å²) in [5.41, 5.74) is 0. The van der Waals surface area contributed by atoms with E-state index in [1.165, 1.54) is 0 Å². The van der Waals surface area contributed by atoms with Crippen molar-refractivity contribution in [2.45, 2.75) is 18.6 Å². The quantitative estimate of drug-likeness (QED) is 0.594. The largest absolute Gasteiger partial charge is 0.480 e. The third kappa shape index (κ3) is 3.90. The first-order valence-corrected chi connectivity index (χ1v) is 8.78. The van der Waals surface area contributed by atoms with Crippen LogP contribution < -0.4 is 0 Å². The van der Waals surface area contributed by atoms with E-state index in [1.54, 1.807) is 0 Å². The summed E-state index contributed by atoms with van der Waals surface area (Å²) in [6.07, 6.45) is -0.331. The second kappa shape index (κ2) is 5.11. The van der Waals surface area contributed by atoms with Crippen molar-refractivity contribution in [2.24, 2.45) is 0 Å². The van der Waals surface area contributed by atoms with E-state index in [0.29, 0.717) is 4.31 Å². The van der Waals surface area contributed by atoms with E-state index in [1.807, 2.05) is 0 Å². The lowest BCUT2D eigenvalue weighted by Crippen LogP contribution is -2.42. The van der Waals surface area contributed by atoms with Crippen LogP contribution in [0.15, 0.2) is 0 Å². The second-order valence-corrected chi connectivity index (χ2v) is 8.56. The Kier molecular flexibility index (Phi) is 4.36. The standard InChI is InChI=1S/C8H15NO7S2/c1-17(13,14)2-3-18(15,16)9-5-6(10)4-7(9)8(11)12/h6-7,10H,2-5H2,1H3,(H,11,12)/t6?,7-/m0/s1. The van der Waals surface area contributed by atoms with Crippen LogP contribution >= 0.6 is 0 Å². The topological polar surface area (TPSA) is 129 Å². The van der Waals surface area contributed by atoms with Crippen LogP contribution in [0.1, 0.15) is 6.42 Å². The van der Waals surface area contributed by atoms with Gasteiger partial charge in [-0.05, 0) is 0 Å². The van der Waals surface area contributed by atoms with Gasteiger partial charge in [-0.3, -0.25) is 4.79 Å². The zero-order valence-corrected chi connectivity index (χ0v) is 11.3. The van der Waals surface area contributed by atoms with Crippen LogP contribution in [0.5, 0.6) is 0 Å². The number of nitrogens with zero attached hydrogens (tertiary/aromatic N) is 1. The Labute approximate surface area is 105 Å². The van der Waals surface area contributed by atoms with Crippen LogP contribution in [0.3, 0.4) is 0 Å². The van der Waals surface area contributed by atoms with Crippen molar-refractivity contribution in [2.75, 3.05) is 24.3 Å². The smallest absolute Gasteiger partial charge is 0.322 e. The molecule has 1 heterocycles. The van der Waals surface area contributed by atoms with Gasteiger partial charge in [0.1, 0.15) is 15.9 Å². The number of sulfonamides is 1. The number of carboxylic acid groups (broad SMARTS) is 1. The first-order valence-electron chi connectivity index (χ1n) is 5.11. The van der Waals surface area contributed by atoms with Gasteiger partial charge >= 0.3 is 5.97 Å². The van der Waals surface area contributed by atoms with Gasteiger partial charge < -0.3 is 10.2 Å². The lowest BCUT2D eigenvalue weighted by Gasteiger charge is -2.20. The molecule has 0 aliphatic carbocycles. The van der Waals surface area contributed by atoms with Crippen molar-refractivity contribution in [3.8, 4) is 0 Å². The van der Waals surface area contributed by atoms with E-state index >= 15 is 0 Å². The van der Waals surface area contributed by atoms with Crippen molar-refractivity contribution >= 4 is 25.8 Å². The summed E-state index contributed by atoms with van der Waals surface area (Å²) in [5, 5.41) is 18.2. The summed E-state index contributed by atoms with van der Waals surface area (Å²) < 4.78 is 46.2. The molecule has 0 aromatic carbocycles. The van der Waals surface area contributed by atoms with E-state index in [-0.39, 0.29) is 13.0 Å². The van der Waals surface area contributed by atoms with E-state index in [4.69, 9.17) is 5.11 Å². The first kappa shape index (κ1) is 15.3. The van der Waals surface area contributed by atoms with E-state index < -0.39 is 49.5 Å². The number of carboxylic acids is 1. The molecule has 0 aromatic rings. The van der Waals surface area contributed by atoms with Crippen LogP contribution in [-0.2, 0) is 24.7 Å². The molecule has 10 heteroatoms. The zero-order valence-electron chi connectivity index (χ0n) is 9.68. The van der Waals surface area contributed by atoms with Crippen molar-refractivity contribution in [3.63, 3.8) is 0 Å². The van der Waals surface area contributed by atoms with Gasteiger partial charge in [-0.15, -0.1) is 0 Å². The first-order chi connectivity index (χ1) is 8.03. The Morgan fingerprint density at radius 2 is 1.83 bits per heavy atom. The van der Waals surface area contributed by atoms with Gasteiger partial charge in [-0.2, -0.15) is 4.31 Å². The molecule has 2 N–H and O–H groups in total. The number of sulfone groups is 1. The summed E-state index contributed by atoms with van der Waals surface area (Å²) >= 11 is 0. The Morgan fingerprint density at radius 1 is 1.28 bits per heavy atom. The highest BCUT2D eigenvalue weighted by molar-refractivity contribution is 7.93. The van der Waals surface area contributed by atoms with E-state index in [9.17, 15) is 26.7 Å². The van der Waals surface area contributed by atoms with Crippen LogP contribution in [0.25, 0.3) is 0 Å². The fourth-order valence-electron chi connectivity index (χ4n) is 1.69. The van der Waals surface area contributed by atoms with Crippen LogP contribution in [0.4, 0.5) is 0 Å². The molecule has 1 saturated heterocycles. The fraction of sp³-hybridized carbons (Fsp3) is 0.875. The number of β-amino-alcohol motifs (C(OH)–C–C–N with tert-alkyl or cyclic N) is 1. The van der Waals surface area contributed by atoms with Crippen LogP contribution in [-0.4, -0.2) is 73.8 Å². The monoisotopic (exact) mass is 301 g/mol. The fourth-order valence-corrected chi connectivity index (χ4v) is 4.94. The number of carbonyl (C=O) groups is 1. The minimum Gasteiger partial charge on any atom is -0.480 e. The van der Waals surface area contributed by atoms with Crippen molar-refractivity contribution in [1.82, 2.24) is 4.31 Å². The maximum Gasteiger partial charge on any atom is 0.322 e. The number of rotatable bonds is 5. The van der Waals surface area contributed by atoms with Crippen molar-refractivity contribution in [3.05, 3.63) is 0 Å². The third-order valence-corrected chi connectivity index (χ3v) is 5.63. The molecule has 8 nitrogen and oxygen atoms in total. The average molecular weight is 301 g/mol. The lowest BCUT2D eigenvalue weighted by atomic mass is 10.2. The molecular weight excluding hydrogens is 286 g/mol. The van der Waals surface area contributed by atoms with Gasteiger partial charge in [0.25, 0.3) is 0 Å². The van der Waals surface area contributed by atoms with Gasteiger partial charge in [-0.25, -0.2) is 16.8 Å². The predicted octanol–water partition coefficient (Wildman–Crippen LogP) is -2.12. The molecule has 1 aliphatic rings. The maximum absolute atomic E-state index is 11.8. The third-order valence-electron chi connectivity index (χ3n) is 2.59. The summed E-state index contributed by atoms with van der Waals surface area (Å²) in [6, 6.07) is -1.33. The lowest BCUT2D eigenvalue weighted by molar-refractivity contribution is -0.140. The highest BCUT2D eigenvalue weighted by atomic mass is 32.2. The summed E-state index contributed by atoms with van der Waals surface area (Å²) in [6.45, 7) is -0.316. The zero-order chi connectivity index (χ0) is 14.1. The second-order valence-electron chi connectivity index (χ2n) is 4.26. The molecular formula is C8H15NO7S2. The number of aliphatic hydroxyl groups excluding tert-OH is 1. The molecule has 0 bridgehead atoms. The van der Waals surface area contributed by atoms with Crippen LogP contribution in [0.2, 0.25) is 0 Å². The maximum atomic E-state index is 11.8. The minimum atomic E-state index is -4.01. The number of hydrogen-bond acceptors (Lipinski definition) is 6. The SMILES string of the molecule is CS(=O)(=O)CCS(=O)(=O)N1CC(O)C[C@H]1C(=O)O. The summed E-state index contributed by atoms with van der Waals surface area (Å²) in [7, 11) is -7.46. The number of aliphatic hydroxyl groups is 1. The van der Waals surface area contributed by atoms with Gasteiger partial charge in [0.2, 0.25) is 10.0 Å². The predicted molar refractivity (Wildman–Crippen MR) is 62.3 cm³/mol. The molecule has 1 aliphatic heterocycles. The Hall–Kier alpha value is -0.710. The molecule has 0 amide bonds. The van der Waals surface area contributed by atoms with Crippen molar-refractivity contribution in [1.29, 1.82) is 0 Å². The molecule has 106 valence electrons. The Morgan fingerprint density at radius 3 is 2.28 bits per heavy atom. The van der Waals surface area contributed by atoms with Gasteiger partial charge in [0.05, 0.1) is 17.6 Å². The Balaban J connectivity index is 2.87. The molecule has 0 radical (unpaired) electrons. The van der Waals surface area contributed by atoms with E-state index in [2.05, 4.69) is 0 Å². The minimum absolute atomic E-state index is 0.187. The average Bonchev–Trinajstić information content (AvgIpc) is 2.57. The van der Waals surface area contributed by atoms with Crippen LogP contribution in [0, 0.1) is 0 Å². The molecule has 1 fully saturated rings. The molecule has 1 rings (SSSR count). The number of hydrogen-bond donors (Lipinski definition) is 2.